The van der Waals surface area contributed by atoms with Crippen LogP contribution in [0.25, 0.3) is 0 Å². The van der Waals surface area contributed by atoms with Gasteiger partial charge in [-0.1, -0.05) is 62.4 Å². The van der Waals surface area contributed by atoms with Crippen molar-refractivity contribution < 1.29 is 12.6 Å². The van der Waals surface area contributed by atoms with Crippen molar-refractivity contribution in [1.82, 2.24) is 4.31 Å². The average molecular weight is 349 g/mol. The molecule has 1 aromatic rings. The summed E-state index contributed by atoms with van der Waals surface area (Å²) < 4.78 is 29.7. The highest BCUT2D eigenvalue weighted by Gasteiger charge is 2.26. The predicted molar refractivity (Wildman–Crippen MR) is 99.8 cm³/mol. The lowest BCUT2D eigenvalue weighted by atomic mass is 9.74. The number of nitrogens with zero attached hydrogens (tertiary/aromatic N) is 1. The highest BCUT2D eigenvalue weighted by atomic mass is 32.2. The summed E-state index contributed by atoms with van der Waals surface area (Å²) in [4.78, 5) is 0. The van der Waals surface area contributed by atoms with E-state index >= 15 is 0 Å². The summed E-state index contributed by atoms with van der Waals surface area (Å²) in [5, 5.41) is 0. The Labute approximate surface area is 146 Å². The van der Waals surface area contributed by atoms with E-state index in [-0.39, 0.29) is 11.2 Å². The zero-order chi connectivity index (χ0) is 18.4. The smallest absolute Gasteiger partial charge is 0.371 e. The maximum atomic E-state index is 11.8. The Bertz CT molecular complexity index is 718. The van der Waals surface area contributed by atoms with Crippen LogP contribution < -0.4 is 0 Å². The van der Waals surface area contributed by atoms with E-state index in [2.05, 4.69) is 32.6 Å². The highest BCUT2D eigenvalue weighted by Crippen LogP contribution is 2.35. The Balaban J connectivity index is 3.15. The lowest BCUT2D eigenvalue weighted by molar-refractivity contribution is 0.370. The highest BCUT2D eigenvalue weighted by molar-refractivity contribution is 7.84. The van der Waals surface area contributed by atoms with Crippen LogP contribution in [0.3, 0.4) is 0 Å². The van der Waals surface area contributed by atoms with Gasteiger partial charge in [0.1, 0.15) is 5.76 Å². The summed E-state index contributed by atoms with van der Waals surface area (Å²) in [6.45, 7) is 9.96. The van der Waals surface area contributed by atoms with Crippen molar-refractivity contribution in [3.8, 4) is 0 Å². The first-order valence-corrected chi connectivity index (χ1v) is 9.23. The molecule has 0 N–H and O–H groups in total. The molecular weight excluding hydrogens is 322 g/mol. The van der Waals surface area contributed by atoms with Gasteiger partial charge in [0.15, 0.2) is 0 Å². The largest absolute Gasteiger partial charge is 0.384 e. The van der Waals surface area contributed by atoms with Crippen molar-refractivity contribution in [2.24, 2.45) is 0 Å². The second-order valence-electron chi connectivity index (χ2n) is 6.00. The molecule has 24 heavy (non-hydrogen) atoms. The molecule has 0 fully saturated rings. The fourth-order valence-electron chi connectivity index (χ4n) is 2.23. The molecule has 0 aliphatic rings. The topological polar surface area (TPSA) is 46.6 Å². The monoisotopic (exact) mass is 349 g/mol. The minimum absolute atomic E-state index is 0.134. The van der Waals surface area contributed by atoms with Gasteiger partial charge in [0.25, 0.3) is 0 Å². The molecule has 4 nitrogen and oxygen atoms in total. The number of rotatable bonds is 8. The van der Waals surface area contributed by atoms with Crippen LogP contribution in [0.15, 0.2) is 66.5 Å². The van der Waals surface area contributed by atoms with Crippen molar-refractivity contribution in [2.75, 3.05) is 14.1 Å². The molecule has 132 valence electrons. The molecule has 5 heteroatoms. The third kappa shape index (κ3) is 4.82. The minimum Gasteiger partial charge on any atom is -0.371 e. The first-order valence-electron chi connectivity index (χ1n) is 7.86. The quantitative estimate of drug-likeness (QED) is 0.522. The van der Waals surface area contributed by atoms with Crippen LogP contribution in [-0.4, -0.2) is 26.8 Å². The van der Waals surface area contributed by atoms with Gasteiger partial charge in [-0.15, -0.1) is 0 Å². The first-order chi connectivity index (χ1) is 11.2. The number of hydrogen-bond donors (Lipinski definition) is 0. The summed E-state index contributed by atoms with van der Waals surface area (Å²) in [6.07, 6.45) is 5.84. The number of allylic oxidation sites excluding steroid dienone is 4. The van der Waals surface area contributed by atoms with E-state index < -0.39 is 10.3 Å². The lowest BCUT2D eigenvalue weighted by Crippen LogP contribution is -2.24. The maximum absolute atomic E-state index is 11.8. The van der Waals surface area contributed by atoms with Gasteiger partial charge in [-0.25, -0.2) is 0 Å². The SMILES string of the molecule is C=C/C(=C\C=C(/C)C(C)(CC)c1ccccc1)OS(=O)(=O)N(C)C. The van der Waals surface area contributed by atoms with Crippen molar-refractivity contribution in [3.05, 3.63) is 72.0 Å². The molecule has 1 atom stereocenters. The first kappa shape index (κ1) is 20.2. The Hall–Kier alpha value is -1.85. The summed E-state index contributed by atoms with van der Waals surface area (Å²) in [5.41, 5.74) is 2.20. The molecule has 0 aliphatic heterocycles. The van der Waals surface area contributed by atoms with Crippen LogP contribution >= 0.6 is 0 Å². The molecule has 1 aromatic carbocycles. The van der Waals surface area contributed by atoms with Crippen molar-refractivity contribution >= 4 is 10.3 Å². The van der Waals surface area contributed by atoms with E-state index in [4.69, 9.17) is 4.18 Å². The van der Waals surface area contributed by atoms with E-state index in [9.17, 15) is 8.42 Å². The third-order valence-electron chi connectivity index (χ3n) is 4.34. The number of hydrogen-bond acceptors (Lipinski definition) is 3. The molecule has 0 radical (unpaired) electrons. The Morgan fingerprint density at radius 2 is 1.83 bits per heavy atom. The third-order valence-corrected chi connectivity index (χ3v) is 5.63. The van der Waals surface area contributed by atoms with Gasteiger partial charge in [-0.3, -0.25) is 0 Å². The fourth-order valence-corrected chi connectivity index (χ4v) is 2.75. The lowest BCUT2D eigenvalue weighted by Gasteiger charge is -2.30. The Kier molecular flexibility index (Phi) is 6.99. The summed E-state index contributed by atoms with van der Waals surface area (Å²) in [5.74, 6) is 0.189. The van der Waals surface area contributed by atoms with E-state index in [1.54, 1.807) is 6.08 Å². The molecule has 0 bridgehead atoms. The maximum Gasteiger partial charge on any atom is 0.384 e. The van der Waals surface area contributed by atoms with Crippen LogP contribution in [0.5, 0.6) is 0 Å². The van der Waals surface area contributed by atoms with E-state index in [0.717, 1.165) is 16.3 Å². The van der Waals surface area contributed by atoms with Crippen LogP contribution in [0, 0.1) is 0 Å². The Morgan fingerprint density at radius 3 is 2.29 bits per heavy atom. The molecule has 0 saturated carbocycles. The van der Waals surface area contributed by atoms with Gasteiger partial charge in [0.05, 0.1) is 0 Å². The second-order valence-corrected chi connectivity index (χ2v) is 7.75. The molecule has 0 aromatic heterocycles. The summed E-state index contributed by atoms with van der Waals surface area (Å²) >= 11 is 0. The van der Waals surface area contributed by atoms with Gasteiger partial charge in [0.2, 0.25) is 0 Å². The molecule has 0 saturated heterocycles. The minimum atomic E-state index is -3.79. The van der Waals surface area contributed by atoms with Gasteiger partial charge < -0.3 is 4.18 Å². The average Bonchev–Trinajstić information content (AvgIpc) is 2.57. The molecule has 0 spiro atoms. The number of benzene rings is 1. The standard InChI is InChI=1S/C19H27NO3S/c1-7-18(23-24(21,22)20(5)6)15-14-16(3)19(4,8-2)17-12-10-9-11-13-17/h7,9-15H,1,8H2,2-6H3/b16-14+,18-15+. The Morgan fingerprint density at radius 1 is 1.25 bits per heavy atom. The summed E-state index contributed by atoms with van der Waals surface area (Å²) in [6, 6.07) is 10.2. The molecule has 1 unspecified atom stereocenters. The van der Waals surface area contributed by atoms with Crippen LogP contribution in [0.1, 0.15) is 32.8 Å². The van der Waals surface area contributed by atoms with Crippen molar-refractivity contribution in [3.63, 3.8) is 0 Å². The van der Waals surface area contributed by atoms with Crippen LogP contribution in [0.4, 0.5) is 0 Å². The molecule has 0 aliphatic carbocycles. The predicted octanol–water partition coefficient (Wildman–Crippen LogP) is 4.19. The summed E-state index contributed by atoms with van der Waals surface area (Å²) in [7, 11) is -0.951. The molecule has 0 heterocycles. The van der Waals surface area contributed by atoms with Crippen LogP contribution in [0.2, 0.25) is 0 Å². The van der Waals surface area contributed by atoms with E-state index in [0.29, 0.717) is 0 Å². The molecular formula is C19H27NO3S. The second kappa shape index (κ2) is 8.31. The normalized spacial score (nSPS) is 15.9. The van der Waals surface area contributed by atoms with Gasteiger partial charge >= 0.3 is 10.3 Å². The van der Waals surface area contributed by atoms with E-state index in [1.807, 2.05) is 31.2 Å². The van der Waals surface area contributed by atoms with Crippen molar-refractivity contribution in [1.29, 1.82) is 0 Å². The van der Waals surface area contributed by atoms with Gasteiger partial charge in [-0.2, -0.15) is 12.7 Å². The molecule has 0 amide bonds. The van der Waals surface area contributed by atoms with Crippen molar-refractivity contribution in [2.45, 2.75) is 32.6 Å². The molecule has 1 rings (SSSR count). The zero-order valence-electron chi connectivity index (χ0n) is 15.1. The zero-order valence-corrected chi connectivity index (χ0v) is 15.9. The fraction of sp³-hybridized carbons (Fsp3) is 0.368. The van der Waals surface area contributed by atoms with E-state index in [1.165, 1.54) is 25.7 Å². The van der Waals surface area contributed by atoms with Crippen LogP contribution in [-0.2, 0) is 19.9 Å². The van der Waals surface area contributed by atoms with Gasteiger partial charge in [-0.05, 0) is 31.1 Å². The van der Waals surface area contributed by atoms with Gasteiger partial charge in [0, 0.05) is 19.5 Å².